The molecule has 1 aliphatic carbocycles. The summed E-state index contributed by atoms with van der Waals surface area (Å²) < 4.78 is 5.20. The van der Waals surface area contributed by atoms with Crippen molar-refractivity contribution in [1.82, 2.24) is 0 Å². The van der Waals surface area contributed by atoms with Crippen molar-refractivity contribution in [1.29, 1.82) is 0 Å². The average molecular weight is 276 g/mol. The third-order valence-electron chi connectivity index (χ3n) is 3.96. The molecule has 0 heterocycles. The fourth-order valence-electron chi connectivity index (χ4n) is 2.80. The van der Waals surface area contributed by atoms with Crippen LogP contribution in [0.5, 0.6) is 5.75 Å². The molecule has 20 heavy (non-hydrogen) atoms. The van der Waals surface area contributed by atoms with E-state index in [1.165, 1.54) is 0 Å². The highest BCUT2D eigenvalue weighted by molar-refractivity contribution is 5.71. The largest absolute Gasteiger partial charge is 0.496 e. The Balaban J connectivity index is 2.25. The van der Waals surface area contributed by atoms with Crippen LogP contribution in [0, 0.1) is 18.8 Å². The van der Waals surface area contributed by atoms with Crippen LogP contribution in [0.3, 0.4) is 0 Å². The molecule has 2 rings (SSSR count). The molecule has 1 aliphatic rings. The van der Waals surface area contributed by atoms with Crippen molar-refractivity contribution < 1.29 is 19.7 Å². The number of methoxy groups -OCH3 is 1. The van der Waals surface area contributed by atoms with Crippen LogP contribution in [0.15, 0.2) is 30.4 Å². The average Bonchev–Trinajstić information content (AvgIpc) is 2.46. The Hall–Kier alpha value is -1.81. The molecule has 0 radical (unpaired) electrons. The molecule has 0 saturated carbocycles. The van der Waals surface area contributed by atoms with Crippen LogP contribution >= 0.6 is 0 Å². The van der Waals surface area contributed by atoms with Gasteiger partial charge in [-0.1, -0.05) is 18.2 Å². The minimum atomic E-state index is -0.844. The van der Waals surface area contributed by atoms with Crippen LogP contribution < -0.4 is 4.74 Å². The fourth-order valence-corrected chi connectivity index (χ4v) is 2.80. The predicted octanol–water partition coefficient (Wildman–Crippen LogP) is 2.70. The maximum absolute atomic E-state index is 11.3. The smallest absolute Gasteiger partial charge is 0.307 e. The first-order valence-corrected chi connectivity index (χ1v) is 6.75. The molecule has 0 aliphatic heterocycles. The lowest BCUT2D eigenvalue weighted by atomic mass is 9.77. The Morgan fingerprint density at radius 1 is 1.35 bits per heavy atom. The Bertz CT molecular complexity index is 521. The van der Waals surface area contributed by atoms with Gasteiger partial charge in [0.15, 0.2) is 0 Å². The van der Waals surface area contributed by atoms with E-state index in [9.17, 15) is 15.0 Å². The third-order valence-corrected chi connectivity index (χ3v) is 3.96. The molecule has 3 unspecified atom stereocenters. The highest BCUT2D eigenvalue weighted by atomic mass is 16.5. The summed E-state index contributed by atoms with van der Waals surface area (Å²) >= 11 is 0. The zero-order valence-corrected chi connectivity index (χ0v) is 11.7. The van der Waals surface area contributed by atoms with Crippen LogP contribution in [-0.4, -0.2) is 23.3 Å². The summed E-state index contributed by atoms with van der Waals surface area (Å²) in [4.78, 5) is 11.3. The minimum absolute atomic E-state index is 0.287. The van der Waals surface area contributed by atoms with Crippen LogP contribution in [0.4, 0.5) is 0 Å². The van der Waals surface area contributed by atoms with Gasteiger partial charge in [0.25, 0.3) is 0 Å². The molecule has 2 N–H and O–H groups in total. The van der Waals surface area contributed by atoms with Crippen LogP contribution in [-0.2, 0) is 4.79 Å². The second kappa shape index (κ2) is 6.09. The normalized spacial score (nSPS) is 23.4. The lowest BCUT2D eigenvalue weighted by Gasteiger charge is -2.30. The second-order valence-corrected chi connectivity index (χ2v) is 5.23. The van der Waals surface area contributed by atoms with E-state index in [0.717, 1.165) is 16.9 Å². The molecule has 1 aromatic rings. The summed E-state index contributed by atoms with van der Waals surface area (Å²) in [5.41, 5.74) is 1.68. The van der Waals surface area contributed by atoms with Crippen molar-refractivity contribution in [2.75, 3.05) is 7.11 Å². The lowest BCUT2D eigenvalue weighted by Crippen LogP contribution is -2.29. The summed E-state index contributed by atoms with van der Waals surface area (Å²) in [5.74, 6) is -0.898. The Labute approximate surface area is 118 Å². The quantitative estimate of drug-likeness (QED) is 0.830. The van der Waals surface area contributed by atoms with E-state index in [4.69, 9.17) is 4.74 Å². The van der Waals surface area contributed by atoms with Crippen molar-refractivity contribution in [3.05, 3.63) is 41.5 Å². The molecular weight excluding hydrogens is 256 g/mol. The molecule has 1 aromatic carbocycles. The number of hydrogen-bond donors (Lipinski definition) is 2. The highest BCUT2D eigenvalue weighted by Crippen LogP contribution is 2.37. The number of aliphatic carboxylic acids is 1. The Morgan fingerprint density at radius 2 is 2.05 bits per heavy atom. The Kier molecular flexibility index (Phi) is 4.45. The molecule has 0 bridgehead atoms. The van der Waals surface area contributed by atoms with E-state index in [2.05, 4.69) is 0 Å². The van der Waals surface area contributed by atoms with Crippen molar-refractivity contribution in [3.8, 4) is 5.75 Å². The number of benzene rings is 1. The predicted molar refractivity (Wildman–Crippen MR) is 75.7 cm³/mol. The number of carboxylic acids is 1. The number of aliphatic hydroxyl groups excluding tert-OH is 1. The number of ether oxygens (including phenoxy) is 1. The maximum atomic E-state index is 11.3. The molecule has 0 saturated heterocycles. The van der Waals surface area contributed by atoms with Crippen molar-refractivity contribution in [2.45, 2.75) is 25.9 Å². The zero-order valence-electron chi connectivity index (χ0n) is 11.7. The van der Waals surface area contributed by atoms with Gasteiger partial charge in [0.2, 0.25) is 0 Å². The fraction of sp³-hybridized carbons (Fsp3) is 0.438. The highest BCUT2D eigenvalue weighted by Gasteiger charge is 2.34. The number of aliphatic hydroxyl groups is 1. The van der Waals surface area contributed by atoms with Gasteiger partial charge in [0.05, 0.1) is 19.1 Å². The second-order valence-electron chi connectivity index (χ2n) is 5.23. The summed E-state index contributed by atoms with van der Waals surface area (Å²) in [7, 11) is 1.60. The van der Waals surface area contributed by atoms with E-state index in [0.29, 0.717) is 12.8 Å². The van der Waals surface area contributed by atoms with Gasteiger partial charge >= 0.3 is 5.97 Å². The van der Waals surface area contributed by atoms with E-state index < -0.39 is 18.0 Å². The Morgan fingerprint density at radius 3 is 2.65 bits per heavy atom. The van der Waals surface area contributed by atoms with Crippen molar-refractivity contribution >= 4 is 5.97 Å². The monoisotopic (exact) mass is 276 g/mol. The van der Waals surface area contributed by atoms with Gasteiger partial charge in [0.1, 0.15) is 5.75 Å². The van der Waals surface area contributed by atoms with Gasteiger partial charge in [0, 0.05) is 5.92 Å². The molecule has 0 aromatic heterocycles. The van der Waals surface area contributed by atoms with E-state index in [1.807, 2.05) is 31.2 Å². The summed E-state index contributed by atoms with van der Waals surface area (Å²) in [6.07, 6.45) is 4.12. The first-order valence-electron chi connectivity index (χ1n) is 6.75. The number of aryl methyl sites for hydroxylation is 1. The van der Waals surface area contributed by atoms with E-state index >= 15 is 0 Å². The molecule has 108 valence electrons. The zero-order chi connectivity index (χ0) is 14.7. The van der Waals surface area contributed by atoms with Gasteiger partial charge < -0.3 is 14.9 Å². The lowest BCUT2D eigenvalue weighted by molar-refractivity contribution is -0.145. The molecule has 0 amide bonds. The maximum Gasteiger partial charge on any atom is 0.307 e. The van der Waals surface area contributed by atoms with E-state index in [-0.39, 0.29) is 5.92 Å². The number of carboxylic acid groups (broad SMARTS) is 1. The molecule has 0 fully saturated rings. The molecular formula is C16H20O4. The minimum Gasteiger partial charge on any atom is -0.496 e. The number of rotatable bonds is 4. The van der Waals surface area contributed by atoms with Crippen molar-refractivity contribution in [2.24, 2.45) is 11.8 Å². The van der Waals surface area contributed by atoms with Crippen molar-refractivity contribution in [3.63, 3.8) is 0 Å². The van der Waals surface area contributed by atoms with Gasteiger partial charge in [-0.3, -0.25) is 4.79 Å². The topological polar surface area (TPSA) is 66.8 Å². The van der Waals surface area contributed by atoms with Gasteiger partial charge in [-0.15, -0.1) is 0 Å². The molecule has 4 heteroatoms. The van der Waals surface area contributed by atoms with Crippen LogP contribution in [0.25, 0.3) is 0 Å². The van der Waals surface area contributed by atoms with Crippen LogP contribution in [0.2, 0.25) is 0 Å². The van der Waals surface area contributed by atoms with Crippen LogP contribution in [0.1, 0.15) is 30.1 Å². The summed E-state index contributed by atoms with van der Waals surface area (Å²) in [5, 5.41) is 19.8. The summed E-state index contributed by atoms with van der Waals surface area (Å²) in [6, 6.07) is 5.47. The molecule has 3 atom stereocenters. The molecule has 4 nitrogen and oxygen atoms in total. The van der Waals surface area contributed by atoms with Gasteiger partial charge in [-0.2, -0.15) is 0 Å². The third kappa shape index (κ3) is 2.85. The SMILES string of the molecule is COc1ccc(C(O)C2CC=CCC2C(=O)O)cc1C. The number of hydrogen-bond acceptors (Lipinski definition) is 3. The summed E-state index contributed by atoms with van der Waals surface area (Å²) in [6.45, 7) is 1.91. The van der Waals surface area contributed by atoms with Gasteiger partial charge in [-0.25, -0.2) is 0 Å². The van der Waals surface area contributed by atoms with Gasteiger partial charge in [-0.05, 0) is 43.0 Å². The van der Waals surface area contributed by atoms with E-state index in [1.54, 1.807) is 13.2 Å². The number of allylic oxidation sites excluding steroid dienone is 2. The first kappa shape index (κ1) is 14.6. The molecule has 0 spiro atoms. The standard InChI is InChI=1S/C16H20O4/c1-10-9-11(7-8-14(10)20-2)15(17)12-5-3-4-6-13(12)16(18)19/h3-4,7-9,12-13,15,17H,5-6H2,1-2H3,(H,18,19). The number of carbonyl (C=O) groups is 1. The first-order chi connectivity index (χ1) is 9.54.